The van der Waals surface area contributed by atoms with Gasteiger partial charge >= 0.3 is 0 Å². The lowest BCUT2D eigenvalue weighted by atomic mass is 10.3. The van der Waals surface area contributed by atoms with E-state index in [0.29, 0.717) is 17.1 Å². The highest BCUT2D eigenvalue weighted by Gasteiger charge is 2.11. The zero-order valence-corrected chi connectivity index (χ0v) is 15.2. The van der Waals surface area contributed by atoms with E-state index in [0.717, 1.165) is 11.4 Å². The summed E-state index contributed by atoms with van der Waals surface area (Å²) in [4.78, 5) is 12.6. The molecule has 0 unspecified atom stereocenters. The molecule has 4 rings (SSSR count). The lowest BCUT2D eigenvalue weighted by Gasteiger charge is -2.04. The van der Waals surface area contributed by atoms with E-state index in [1.807, 2.05) is 72.8 Å². The molecule has 0 aliphatic rings. The van der Waals surface area contributed by atoms with Crippen LogP contribution in [-0.4, -0.2) is 9.78 Å². The zero-order valence-electron chi connectivity index (χ0n) is 15.2. The molecule has 1 heterocycles. The first kappa shape index (κ1) is 17.5. The Bertz CT molecular complexity index is 1140. The highest BCUT2D eigenvalue weighted by Crippen LogP contribution is 2.25. The normalized spacial score (nSPS) is 11.0. The van der Waals surface area contributed by atoms with Crippen LogP contribution in [0.3, 0.4) is 0 Å². The summed E-state index contributed by atoms with van der Waals surface area (Å²) in [5, 5.41) is 11.4. The third kappa shape index (κ3) is 3.76. The molecule has 0 aliphatic carbocycles. The van der Waals surface area contributed by atoms with Crippen molar-refractivity contribution in [3.63, 3.8) is 0 Å². The van der Waals surface area contributed by atoms with Crippen molar-refractivity contribution in [1.82, 2.24) is 9.78 Å². The lowest BCUT2D eigenvalue weighted by molar-refractivity contribution is 0.483. The largest absolute Gasteiger partial charge is 0.457 e. The minimum atomic E-state index is -0.239. The Morgan fingerprint density at radius 3 is 2.07 bits per heavy atom. The van der Waals surface area contributed by atoms with Gasteiger partial charge in [-0.3, -0.25) is 9.89 Å². The molecule has 0 aliphatic heterocycles. The summed E-state index contributed by atoms with van der Waals surface area (Å²) in [5.74, 6) is 1.47. The van der Waals surface area contributed by atoms with Crippen LogP contribution >= 0.6 is 0 Å². The molecule has 0 atom stereocenters. The number of para-hydroxylation sites is 2. The van der Waals surface area contributed by atoms with Gasteiger partial charge in [-0.05, 0) is 55.5 Å². The summed E-state index contributed by atoms with van der Waals surface area (Å²) in [7, 11) is 0. The summed E-state index contributed by atoms with van der Waals surface area (Å²) in [6, 6.07) is 26.1. The molecule has 0 amide bonds. The summed E-state index contributed by atoms with van der Waals surface area (Å²) < 4.78 is 7.21. The Morgan fingerprint density at radius 2 is 1.39 bits per heavy atom. The van der Waals surface area contributed by atoms with E-state index in [-0.39, 0.29) is 11.2 Å². The third-order valence-corrected chi connectivity index (χ3v) is 4.14. The maximum atomic E-state index is 12.6. The van der Waals surface area contributed by atoms with E-state index in [2.05, 4.69) is 15.3 Å². The number of nitrogens with one attached hydrogen (secondary N) is 1. The van der Waals surface area contributed by atoms with Gasteiger partial charge < -0.3 is 4.74 Å². The predicted molar refractivity (Wildman–Crippen MR) is 108 cm³/mol. The minimum absolute atomic E-state index is 0.239. The number of aryl methyl sites for hydroxylation is 1. The quantitative estimate of drug-likeness (QED) is 0.459. The van der Waals surface area contributed by atoms with Gasteiger partial charge in [-0.15, -0.1) is 5.11 Å². The monoisotopic (exact) mass is 370 g/mol. The van der Waals surface area contributed by atoms with Crippen molar-refractivity contribution in [2.45, 2.75) is 6.92 Å². The van der Waals surface area contributed by atoms with E-state index in [9.17, 15) is 4.79 Å². The van der Waals surface area contributed by atoms with Crippen LogP contribution in [0.1, 0.15) is 5.69 Å². The highest BCUT2D eigenvalue weighted by molar-refractivity contribution is 5.46. The SMILES string of the molecule is Cc1[nH]n(-c2ccccc2)c(=O)c1N=Nc1ccc(Oc2ccccc2)cc1. The van der Waals surface area contributed by atoms with Crippen LogP contribution in [-0.2, 0) is 0 Å². The van der Waals surface area contributed by atoms with Gasteiger partial charge in [0.2, 0.25) is 0 Å². The number of benzene rings is 3. The van der Waals surface area contributed by atoms with Crippen LogP contribution in [0.5, 0.6) is 11.5 Å². The molecular formula is C22H18N4O2. The first-order valence-electron chi connectivity index (χ1n) is 8.82. The van der Waals surface area contributed by atoms with E-state index >= 15 is 0 Å². The Labute approximate surface area is 161 Å². The topological polar surface area (TPSA) is 71.7 Å². The van der Waals surface area contributed by atoms with Crippen molar-refractivity contribution < 1.29 is 4.74 Å². The molecule has 0 fully saturated rings. The van der Waals surface area contributed by atoms with Crippen LogP contribution < -0.4 is 10.3 Å². The van der Waals surface area contributed by atoms with Gasteiger partial charge in [0, 0.05) is 0 Å². The van der Waals surface area contributed by atoms with Crippen molar-refractivity contribution in [3.8, 4) is 17.2 Å². The van der Waals surface area contributed by atoms with Gasteiger partial charge in [0.05, 0.1) is 17.1 Å². The second-order valence-corrected chi connectivity index (χ2v) is 6.17. The van der Waals surface area contributed by atoms with Gasteiger partial charge in [0.25, 0.3) is 5.56 Å². The van der Waals surface area contributed by atoms with Crippen LogP contribution in [0.25, 0.3) is 5.69 Å². The Kier molecular flexibility index (Phi) is 4.84. The van der Waals surface area contributed by atoms with E-state index in [1.165, 1.54) is 4.68 Å². The Hall–Kier alpha value is -3.93. The van der Waals surface area contributed by atoms with Crippen LogP contribution in [0, 0.1) is 6.92 Å². The number of aromatic nitrogens is 2. The number of aromatic amines is 1. The predicted octanol–water partition coefficient (Wildman–Crippen LogP) is 5.68. The molecule has 0 saturated carbocycles. The van der Waals surface area contributed by atoms with Crippen molar-refractivity contribution in [2.75, 3.05) is 0 Å². The fraction of sp³-hybridized carbons (Fsp3) is 0.0455. The maximum Gasteiger partial charge on any atom is 0.299 e. The Morgan fingerprint density at radius 1 is 0.786 bits per heavy atom. The van der Waals surface area contributed by atoms with Crippen LogP contribution in [0.15, 0.2) is 100.0 Å². The molecule has 0 saturated heterocycles. The average molecular weight is 370 g/mol. The fourth-order valence-corrected chi connectivity index (χ4v) is 2.73. The number of rotatable bonds is 5. The smallest absolute Gasteiger partial charge is 0.299 e. The molecule has 4 aromatic rings. The van der Waals surface area contributed by atoms with Crippen molar-refractivity contribution in [3.05, 3.63) is 101 Å². The van der Waals surface area contributed by atoms with Gasteiger partial charge in [-0.2, -0.15) is 5.11 Å². The van der Waals surface area contributed by atoms with Crippen molar-refractivity contribution in [2.24, 2.45) is 10.2 Å². The summed E-state index contributed by atoms with van der Waals surface area (Å²) >= 11 is 0. The summed E-state index contributed by atoms with van der Waals surface area (Å²) in [6.45, 7) is 1.80. The average Bonchev–Trinajstić information content (AvgIpc) is 3.02. The van der Waals surface area contributed by atoms with E-state index in [4.69, 9.17) is 4.74 Å². The first-order valence-corrected chi connectivity index (χ1v) is 8.82. The van der Waals surface area contributed by atoms with Crippen molar-refractivity contribution in [1.29, 1.82) is 0 Å². The number of ether oxygens (including phenoxy) is 1. The highest BCUT2D eigenvalue weighted by atomic mass is 16.5. The van der Waals surface area contributed by atoms with E-state index in [1.54, 1.807) is 19.1 Å². The molecule has 0 radical (unpaired) electrons. The number of hydrogen-bond acceptors (Lipinski definition) is 4. The van der Waals surface area contributed by atoms with Gasteiger partial charge in [0.1, 0.15) is 11.5 Å². The second-order valence-electron chi connectivity index (χ2n) is 6.17. The third-order valence-electron chi connectivity index (χ3n) is 4.14. The fourth-order valence-electron chi connectivity index (χ4n) is 2.73. The zero-order chi connectivity index (χ0) is 19.3. The number of hydrogen-bond donors (Lipinski definition) is 1. The minimum Gasteiger partial charge on any atom is -0.457 e. The molecule has 0 spiro atoms. The van der Waals surface area contributed by atoms with Crippen molar-refractivity contribution >= 4 is 11.4 Å². The molecule has 6 heteroatoms. The summed E-state index contributed by atoms with van der Waals surface area (Å²) in [6.07, 6.45) is 0. The Balaban J connectivity index is 1.53. The standard InChI is InChI=1S/C22H18N4O2/c1-16-21(22(27)26(25-16)18-8-4-2-5-9-18)24-23-17-12-14-20(15-13-17)28-19-10-6-3-7-11-19/h2-15,25H,1H3. The maximum absolute atomic E-state index is 12.6. The number of H-pyrrole nitrogens is 1. The number of nitrogens with zero attached hydrogens (tertiary/aromatic N) is 3. The molecule has 28 heavy (non-hydrogen) atoms. The lowest BCUT2D eigenvalue weighted by Crippen LogP contribution is -2.13. The summed E-state index contributed by atoms with van der Waals surface area (Å²) in [5.41, 5.74) is 2.08. The molecule has 6 nitrogen and oxygen atoms in total. The first-order chi connectivity index (χ1) is 13.7. The van der Waals surface area contributed by atoms with Gasteiger partial charge in [-0.25, -0.2) is 4.68 Å². The molecular weight excluding hydrogens is 352 g/mol. The number of azo groups is 1. The second kappa shape index (κ2) is 7.75. The molecule has 138 valence electrons. The molecule has 3 aromatic carbocycles. The van der Waals surface area contributed by atoms with E-state index < -0.39 is 0 Å². The van der Waals surface area contributed by atoms with Gasteiger partial charge in [-0.1, -0.05) is 36.4 Å². The molecule has 0 bridgehead atoms. The van der Waals surface area contributed by atoms with Crippen LogP contribution in [0.4, 0.5) is 11.4 Å². The molecule has 1 aromatic heterocycles. The molecule has 1 N–H and O–H groups in total. The van der Waals surface area contributed by atoms with Crippen LogP contribution in [0.2, 0.25) is 0 Å². The van der Waals surface area contributed by atoms with Gasteiger partial charge in [0.15, 0.2) is 5.69 Å².